The summed E-state index contributed by atoms with van der Waals surface area (Å²) in [6.45, 7) is 3.18. The Bertz CT molecular complexity index is 1910. The second kappa shape index (κ2) is 15.9. The van der Waals surface area contributed by atoms with Gasteiger partial charge in [-0.15, -0.1) is 11.3 Å². The van der Waals surface area contributed by atoms with E-state index in [2.05, 4.69) is 4.90 Å². The first-order chi connectivity index (χ1) is 25.1. The van der Waals surface area contributed by atoms with Gasteiger partial charge < -0.3 is 18.9 Å². The smallest absolute Gasteiger partial charge is 0.415 e. The van der Waals surface area contributed by atoms with E-state index < -0.39 is 24.0 Å². The van der Waals surface area contributed by atoms with Crippen molar-refractivity contribution in [2.75, 3.05) is 38.3 Å². The number of carbonyl (C=O) groups excluding carboxylic acids is 2. The zero-order chi connectivity index (χ0) is 36.4. The van der Waals surface area contributed by atoms with E-state index in [4.69, 9.17) is 42.1 Å². The van der Waals surface area contributed by atoms with E-state index >= 15 is 4.39 Å². The van der Waals surface area contributed by atoms with Crippen LogP contribution in [0.4, 0.5) is 14.9 Å². The molecule has 3 aliphatic heterocycles. The van der Waals surface area contributed by atoms with Gasteiger partial charge in [0.2, 0.25) is 12.4 Å². The van der Waals surface area contributed by atoms with Gasteiger partial charge in [0.25, 0.3) is 0 Å². The topological polar surface area (TPSA) is 102 Å². The van der Waals surface area contributed by atoms with Crippen molar-refractivity contribution in [3.63, 3.8) is 0 Å². The maximum atomic E-state index is 15.1. The van der Waals surface area contributed by atoms with Crippen molar-refractivity contribution in [1.29, 1.82) is 0 Å². The molecule has 2 aromatic heterocycles. The van der Waals surface area contributed by atoms with Crippen molar-refractivity contribution >= 4 is 52.3 Å². The fourth-order valence-corrected chi connectivity index (χ4v) is 8.20. The van der Waals surface area contributed by atoms with Crippen molar-refractivity contribution in [3.05, 3.63) is 104 Å². The van der Waals surface area contributed by atoms with Crippen LogP contribution in [0.25, 0.3) is 0 Å². The number of para-hydroxylation sites is 1. The lowest BCUT2D eigenvalue weighted by atomic mass is 9.86. The molecule has 1 saturated carbocycles. The number of rotatable bonds is 13. The number of benzene rings is 2. The lowest BCUT2D eigenvalue weighted by molar-refractivity contribution is -0.904. The van der Waals surface area contributed by atoms with Crippen molar-refractivity contribution < 1.29 is 42.9 Å². The normalized spacial score (nSPS) is 19.9. The van der Waals surface area contributed by atoms with Crippen LogP contribution >= 0.6 is 34.5 Å². The number of pyridine rings is 1. The monoisotopic (exact) mass is 770 g/mol. The molecule has 0 radical (unpaired) electrons. The number of piperidine rings is 3. The number of hydrogen-bond acceptors (Lipinski definition) is 9. The Morgan fingerprint density at radius 2 is 1.79 bits per heavy atom. The molecule has 1 N–H and O–H groups in total. The first-order valence-corrected chi connectivity index (χ1v) is 18.9. The second-order valence-corrected chi connectivity index (χ2v) is 15.4. The third-order valence-electron chi connectivity index (χ3n) is 9.83. The summed E-state index contributed by atoms with van der Waals surface area (Å²) in [5, 5.41) is 10.3. The van der Waals surface area contributed by atoms with E-state index in [0.29, 0.717) is 46.6 Å². The zero-order valence-corrected chi connectivity index (χ0v) is 30.8. The molecular weight excluding hydrogens is 732 g/mol. The van der Waals surface area contributed by atoms with Gasteiger partial charge in [-0.2, -0.15) is 0 Å². The first-order valence-electron chi connectivity index (χ1n) is 17.3. The highest BCUT2D eigenvalue weighted by molar-refractivity contribution is 7.14. The molecule has 0 spiro atoms. The largest absolute Gasteiger partial charge is 0.493 e. The highest BCUT2D eigenvalue weighted by atomic mass is 35.5. The van der Waals surface area contributed by atoms with E-state index in [0.717, 1.165) is 54.8 Å². The first kappa shape index (κ1) is 36.3. The number of nitrogens with zero attached hydrogens (tertiary/aromatic N) is 3. The molecule has 4 aromatic rings. The molecule has 2 atom stereocenters. The molecule has 1 unspecified atom stereocenters. The summed E-state index contributed by atoms with van der Waals surface area (Å²) in [6, 6.07) is 14.7. The van der Waals surface area contributed by atoms with Crippen LogP contribution in [-0.4, -0.2) is 61.6 Å². The van der Waals surface area contributed by atoms with E-state index in [9.17, 15) is 14.8 Å². The second-order valence-electron chi connectivity index (χ2n) is 13.4. The number of halogens is 3. The van der Waals surface area contributed by atoms with Crippen molar-refractivity contribution in [2.45, 2.75) is 50.9 Å². The molecule has 4 aliphatic rings. The van der Waals surface area contributed by atoms with Gasteiger partial charge in [-0.1, -0.05) is 41.4 Å². The van der Waals surface area contributed by atoms with E-state index in [1.807, 2.05) is 0 Å². The molecule has 52 heavy (non-hydrogen) atoms. The van der Waals surface area contributed by atoms with Gasteiger partial charge in [-0.05, 0) is 92.6 Å². The molecular formula is C38H39Cl2FN3O7S+. The van der Waals surface area contributed by atoms with Gasteiger partial charge >= 0.3 is 12.1 Å². The van der Waals surface area contributed by atoms with Crippen LogP contribution in [0.5, 0.6) is 11.5 Å². The van der Waals surface area contributed by atoms with E-state index in [1.165, 1.54) is 29.4 Å². The third kappa shape index (κ3) is 8.41. The van der Waals surface area contributed by atoms with Crippen molar-refractivity contribution in [1.82, 2.24) is 4.90 Å². The van der Waals surface area contributed by atoms with Gasteiger partial charge in [0.15, 0.2) is 11.5 Å². The number of methoxy groups -OCH3 is 1. The van der Waals surface area contributed by atoms with Gasteiger partial charge in [-0.25, -0.2) is 14.0 Å². The van der Waals surface area contributed by atoms with Crippen LogP contribution in [-0.2, 0) is 22.4 Å². The number of hydrogen-bond donors (Lipinski definition) is 1. The Balaban J connectivity index is 1.12. The summed E-state index contributed by atoms with van der Waals surface area (Å²) in [7, 11) is 1.56. The standard InChI is InChI=1S/C38H39Cl2FN3O7S/c1-48-32-10-8-25(16-34(32)49-22-23-6-7-23)33(17-27-28(39)19-43(47)20-29(27)40)50-37(45)36-11-9-26(52-36)18-44(31-5-3-2-4-30(31)41)38(46)51-35-21-42-14-12-24(35)13-15-42/h2-5,8-11,16,19-20,23-24,33,35,47H,6-7,12-15,17-18,21-22H2,1H3/q+1/t33?,35-/m0/s1. The van der Waals surface area contributed by atoms with Gasteiger partial charge in [0.1, 0.15) is 32.9 Å². The van der Waals surface area contributed by atoms with Crippen LogP contribution in [0.15, 0.2) is 67.0 Å². The molecule has 274 valence electrons. The average Bonchev–Trinajstić information content (AvgIpc) is 3.85. The molecule has 5 heterocycles. The van der Waals surface area contributed by atoms with Gasteiger partial charge in [0, 0.05) is 28.1 Å². The molecule has 14 heteroatoms. The van der Waals surface area contributed by atoms with Crippen LogP contribution in [0.3, 0.4) is 0 Å². The minimum Gasteiger partial charge on any atom is -0.493 e. The number of fused-ring (bicyclic) bond motifs is 3. The Morgan fingerprint density at radius 3 is 2.46 bits per heavy atom. The Morgan fingerprint density at radius 1 is 1.04 bits per heavy atom. The lowest BCUT2D eigenvalue weighted by Gasteiger charge is -2.44. The SMILES string of the molecule is COc1ccc(C(Cc2c(Cl)c[n+](O)cc2Cl)OC(=O)c2ccc(CN(C(=O)O[C@H]3CN4CCC3CC4)c3ccccc3F)s2)cc1OCC1CC1. The molecule has 4 fully saturated rings. The molecule has 2 aromatic carbocycles. The summed E-state index contributed by atoms with van der Waals surface area (Å²) in [5.74, 6) is 0.661. The predicted octanol–water partition coefficient (Wildman–Crippen LogP) is 7.89. The molecule has 1 aliphatic carbocycles. The summed E-state index contributed by atoms with van der Waals surface area (Å²) in [4.78, 5) is 32.0. The summed E-state index contributed by atoms with van der Waals surface area (Å²) in [5.41, 5.74) is 1.17. The highest BCUT2D eigenvalue weighted by Gasteiger charge is 2.38. The van der Waals surface area contributed by atoms with Gasteiger partial charge in [0.05, 0.1) is 25.9 Å². The third-order valence-corrected chi connectivity index (χ3v) is 11.5. The van der Waals surface area contributed by atoms with E-state index in [1.54, 1.807) is 49.6 Å². The van der Waals surface area contributed by atoms with E-state index in [-0.39, 0.29) is 45.6 Å². The summed E-state index contributed by atoms with van der Waals surface area (Å²) >= 11 is 14.1. The van der Waals surface area contributed by atoms with Crippen LogP contribution < -0.4 is 19.1 Å². The lowest BCUT2D eigenvalue weighted by Crippen LogP contribution is -2.53. The minimum absolute atomic E-state index is 0.0151. The Hall–Kier alpha value is -4.10. The zero-order valence-electron chi connectivity index (χ0n) is 28.5. The number of aromatic nitrogens is 1. The van der Waals surface area contributed by atoms with Gasteiger partial charge in [-0.3, -0.25) is 15.0 Å². The quantitative estimate of drug-likeness (QED) is 0.0833. The molecule has 1 amide bonds. The maximum Gasteiger partial charge on any atom is 0.415 e. The number of anilines is 1. The number of esters is 1. The average molecular weight is 772 g/mol. The fourth-order valence-electron chi connectivity index (χ4n) is 6.72. The van der Waals surface area contributed by atoms with Crippen LogP contribution in [0.2, 0.25) is 10.0 Å². The van der Waals surface area contributed by atoms with Crippen molar-refractivity contribution in [2.24, 2.45) is 11.8 Å². The molecule has 8 rings (SSSR count). The maximum absolute atomic E-state index is 15.1. The minimum atomic E-state index is -0.872. The molecule has 3 saturated heterocycles. The Kier molecular flexibility index (Phi) is 11.1. The summed E-state index contributed by atoms with van der Waals surface area (Å²) in [6.07, 6.45) is 5.06. The van der Waals surface area contributed by atoms with Crippen LogP contribution in [0.1, 0.15) is 57.5 Å². The highest BCUT2D eigenvalue weighted by Crippen LogP contribution is 2.38. The van der Waals surface area contributed by atoms with Crippen LogP contribution in [0, 0.1) is 17.7 Å². The number of carbonyl (C=O) groups is 2. The predicted molar refractivity (Wildman–Crippen MR) is 193 cm³/mol. The number of ether oxygens (including phenoxy) is 4. The molecule has 2 bridgehead atoms. The Labute approximate surface area is 315 Å². The number of thiophene rings is 1. The number of amides is 1. The molecule has 10 nitrogen and oxygen atoms in total. The van der Waals surface area contributed by atoms with Crippen molar-refractivity contribution in [3.8, 4) is 11.5 Å². The summed E-state index contributed by atoms with van der Waals surface area (Å²) < 4.78 is 39.6. The fraction of sp³-hybridized carbons (Fsp3) is 0.395.